The Morgan fingerprint density at radius 2 is 2.50 bits per heavy atom. The molecular formula is C7H8N4O2S. The minimum absolute atomic E-state index is 0.210. The second-order valence-corrected chi connectivity index (χ2v) is 3.70. The Balaban J connectivity index is 2.26. The summed E-state index contributed by atoms with van der Waals surface area (Å²) in [4.78, 5) is 15.0. The molecule has 0 atom stereocenters. The van der Waals surface area contributed by atoms with Crippen LogP contribution >= 0.6 is 11.3 Å². The maximum absolute atomic E-state index is 11.2. The van der Waals surface area contributed by atoms with Crippen LogP contribution in [0, 0.1) is 6.92 Å². The first-order valence-electron chi connectivity index (χ1n) is 3.90. The van der Waals surface area contributed by atoms with Crippen LogP contribution in [0.5, 0.6) is 0 Å². The summed E-state index contributed by atoms with van der Waals surface area (Å²) < 4.78 is 6.43. The normalized spacial score (nSPS) is 10.6. The van der Waals surface area contributed by atoms with Gasteiger partial charge in [-0.15, -0.1) is 5.10 Å². The van der Waals surface area contributed by atoms with Crippen LogP contribution in [0.25, 0.3) is 0 Å². The molecule has 0 aromatic carbocycles. The first kappa shape index (κ1) is 8.95. The Kier molecular flexibility index (Phi) is 2.08. The van der Waals surface area contributed by atoms with Crippen molar-refractivity contribution in [3.8, 4) is 0 Å². The highest BCUT2D eigenvalue weighted by Gasteiger charge is 2.07. The number of rotatable bonds is 2. The maximum atomic E-state index is 11.2. The molecule has 0 bridgehead atoms. The van der Waals surface area contributed by atoms with Gasteiger partial charge in [0.25, 0.3) is 0 Å². The molecule has 6 nitrogen and oxygen atoms in total. The molecule has 0 unspecified atom stereocenters. The molecule has 0 fully saturated rings. The van der Waals surface area contributed by atoms with Gasteiger partial charge < -0.3 is 10.2 Å². The van der Waals surface area contributed by atoms with Crippen LogP contribution < -0.4 is 10.6 Å². The Morgan fingerprint density at radius 1 is 1.71 bits per heavy atom. The van der Waals surface area contributed by atoms with Gasteiger partial charge >= 0.3 is 4.87 Å². The third-order valence-electron chi connectivity index (χ3n) is 1.58. The number of nitrogens with zero attached hydrogens (tertiary/aromatic N) is 3. The van der Waals surface area contributed by atoms with Crippen molar-refractivity contribution in [2.24, 2.45) is 0 Å². The fourth-order valence-electron chi connectivity index (χ4n) is 1.02. The first-order valence-corrected chi connectivity index (χ1v) is 4.71. The van der Waals surface area contributed by atoms with Crippen molar-refractivity contribution < 1.29 is 4.42 Å². The van der Waals surface area contributed by atoms with Crippen LogP contribution in [-0.4, -0.2) is 14.8 Å². The molecule has 0 aliphatic carbocycles. The number of nitrogens with two attached hydrogens (primary N) is 1. The van der Waals surface area contributed by atoms with E-state index in [0.717, 1.165) is 11.3 Å². The molecule has 0 radical (unpaired) electrons. The minimum Gasteiger partial charge on any atom is -0.444 e. The third-order valence-corrected chi connectivity index (χ3v) is 2.25. The van der Waals surface area contributed by atoms with E-state index < -0.39 is 0 Å². The summed E-state index contributed by atoms with van der Waals surface area (Å²) in [6, 6.07) is 0. The van der Waals surface area contributed by atoms with Crippen LogP contribution in [-0.2, 0) is 6.54 Å². The molecule has 2 aromatic heterocycles. The van der Waals surface area contributed by atoms with Gasteiger partial charge in [0.1, 0.15) is 12.3 Å². The van der Waals surface area contributed by atoms with Crippen molar-refractivity contribution in [3.63, 3.8) is 0 Å². The van der Waals surface area contributed by atoms with Crippen molar-refractivity contribution in [2.45, 2.75) is 13.5 Å². The number of aryl methyl sites for hydroxylation is 1. The van der Waals surface area contributed by atoms with E-state index in [1.165, 1.54) is 4.68 Å². The van der Waals surface area contributed by atoms with Crippen LogP contribution in [0.4, 0.5) is 5.13 Å². The van der Waals surface area contributed by atoms with Crippen LogP contribution in [0.2, 0.25) is 0 Å². The number of hydrogen-bond acceptors (Lipinski definition) is 6. The standard InChI is InChI=1S/C7H8N4O2S/c1-4-2-9-5(13-4)3-11-7(12)14-6(8)10-11/h2H,3H2,1H3,(H2,8,10). The van der Waals surface area contributed by atoms with E-state index in [4.69, 9.17) is 10.2 Å². The molecule has 2 N–H and O–H groups in total. The lowest BCUT2D eigenvalue weighted by atomic mass is 10.6. The molecule has 14 heavy (non-hydrogen) atoms. The lowest BCUT2D eigenvalue weighted by Gasteiger charge is -1.92. The predicted molar refractivity (Wildman–Crippen MR) is 51.1 cm³/mol. The molecule has 0 saturated heterocycles. The maximum Gasteiger partial charge on any atom is 0.327 e. The van der Waals surface area contributed by atoms with Gasteiger partial charge in [0, 0.05) is 0 Å². The predicted octanol–water partition coefficient (Wildman–Crippen LogP) is 0.232. The smallest absolute Gasteiger partial charge is 0.327 e. The SMILES string of the molecule is Cc1cnc(Cn2nc(N)sc2=O)o1. The van der Waals surface area contributed by atoms with E-state index >= 15 is 0 Å². The number of aromatic nitrogens is 3. The highest BCUT2D eigenvalue weighted by atomic mass is 32.1. The van der Waals surface area contributed by atoms with Gasteiger partial charge in [0.2, 0.25) is 11.0 Å². The first-order chi connectivity index (χ1) is 6.65. The Bertz CT molecular complexity index is 498. The highest BCUT2D eigenvalue weighted by molar-refractivity contribution is 7.12. The van der Waals surface area contributed by atoms with E-state index in [9.17, 15) is 4.79 Å². The van der Waals surface area contributed by atoms with Gasteiger partial charge in [-0.25, -0.2) is 9.67 Å². The summed E-state index contributed by atoms with van der Waals surface area (Å²) in [7, 11) is 0. The Morgan fingerprint density at radius 3 is 3.00 bits per heavy atom. The summed E-state index contributed by atoms with van der Waals surface area (Å²) >= 11 is 0.900. The number of oxazole rings is 1. The molecule has 7 heteroatoms. The summed E-state index contributed by atoms with van der Waals surface area (Å²) in [6.07, 6.45) is 1.59. The molecular weight excluding hydrogens is 204 g/mol. The third kappa shape index (κ3) is 1.67. The lowest BCUT2D eigenvalue weighted by Crippen LogP contribution is -2.15. The second kappa shape index (κ2) is 3.26. The monoisotopic (exact) mass is 212 g/mol. The van der Waals surface area contributed by atoms with Gasteiger partial charge in [-0.1, -0.05) is 0 Å². The Labute approximate surface area is 83.0 Å². The van der Waals surface area contributed by atoms with Crippen molar-refractivity contribution in [1.82, 2.24) is 14.8 Å². The van der Waals surface area contributed by atoms with Gasteiger partial charge in [-0.3, -0.25) is 4.79 Å². The number of nitrogen functional groups attached to an aromatic ring is 1. The quantitative estimate of drug-likeness (QED) is 0.770. The average molecular weight is 212 g/mol. The summed E-state index contributed by atoms with van der Waals surface area (Å²) in [5.41, 5.74) is 5.37. The zero-order valence-electron chi connectivity index (χ0n) is 7.43. The minimum atomic E-state index is -0.210. The highest BCUT2D eigenvalue weighted by Crippen LogP contribution is 2.04. The summed E-state index contributed by atoms with van der Waals surface area (Å²) in [5.74, 6) is 1.16. The van der Waals surface area contributed by atoms with Gasteiger partial charge in [0.15, 0.2) is 0 Å². The molecule has 0 amide bonds. The van der Waals surface area contributed by atoms with Crippen LogP contribution in [0.3, 0.4) is 0 Å². The van der Waals surface area contributed by atoms with Gasteiger partial charge in [-0.2, -0.15) is 0 Å². The topological polar surface area (TPSA) is 86.9 Å². The van der Waals surface area contributed by atoms with E-state index in [2.05, 4.69) is 10.1 Å². The molecule has 2 heterocycles. The molecule has 2 rings (SSSR count). The summed E-state index contributed by atoms with van der Waals surface area (Å²) in [5, 5.41) is 4.06. The van der Waals surface area contributed by atoms with Gasteiger partial charge in [-0.05, 0) is 18.3 Å². The van der Waals surface area contributed by atoms with Crippen LogP contribution in [0.15, 0.2) is 15.4 Å². The fourth-order valence-corrected chi connectivity index (χ4v) is 1.55. The molecule has 0 spiro atoms. The largest absolute Gasteiger partial charge is 0.444 e. The van der Waals surface area contributed by atoms with E-state index in [1.807, 2.05) is 0 Å². The average Bonchev–Trinajstić information content (AvgIpc) is 2.61. The van der Waals surface area contributed by atoms with Crippen LogP contribution in [0.1, 0.15) is 11.7 Å². The molecule has 0 aliphatic rings. The molecule has 2 aromatic rings. The molecule has 74 valence electrons. The van der Waals surface area contributed by atoms with Crippen molar-refractivity contribution in [2.75, 3.05) is 5.73 Å². The van der Waals surface area contributed by atoms with E-state index in [1.54, 1.807) is 13.1 Å². The van der Waals surface area contributed by atoms with Gasteiger partial charge in [0.05, 0.1) is 6.20 Å². The second-order valence-electron chi connectivity index (χ2n) is 2.73. The van der Waals surface area contributed by atoms with Crippen molar-refractivity contribution in [1.29, 1.82) is 0 Å². The number of hydrogen-bond donors (Lipinski definition) is 1. The molecule has 0 aliphatic heterocycles. The zero-order chi connectivity index (χ0) is 10.1. The zero-order valence-corrected chi connectivity index (χ0v) is 8.24. The van der Waals surface area contributed by atoms with E-state index in [-0.39, 0.29) is 16.5 Å². The number of anilines is 1. The van der Waals surface area contributed by atoms with Crippen molar-refractivity contribution in [3.05, 3.63) is 27.5 Å². The fraction of sp³-hybridized carbons (Fsp3) is 0.286. The van der Waals surface area contributed by atoms with Crippen molar-refractivity contribution >= 4 is 16.5 Å². The Hall–Kier alpha value is -1.63. The molecule has 0 saturated carbocycles. The van der Waals surface area contributed by atoms with E-state index in [0.29, 0.717) is 11.7 Å². The lowest BCUT2D eigenvalue weighted by molar-refractivity contribution is 0.444. The summed E-state index contributed by atoms with van der Waals surface area (Å²) in [6.45, 7) is 2.01.